The zero-order chi connectivity index (χ0) is 20.8. The normalized spacial score (nSPS) is 11.8. The summed E-state index contributed by atoms with van der Waals surface area (Å²) in [5.74, 6) is -0.998. The number of carbonyl (C=O) groups is 1. The minimum Gasteiger partial charge on any atom is -0.321 e. The Labute approximate surface area is 166 Å². The molecule has 0 unspecified atom stereocenters. The Morgan fingerprint density at radius 2 is 1.79 bits per heavy atom. The molecule has 1 N–H and O–H groups in total. The van der Waals surface area contributed by atoms with E-state index in [9.17, 15) is 22.4 Å². The van der Waals surface area contributed by atoms with Crippen molar-refractivity contribution < 1.29 is 22.4 Å². The number of hydrogen-bond acceptors (Lipinski definition) is 3. The summed E-state index contributed by atoms with van der Waals surface area (Å²) in [6.07, 6.45) is -2.87. The second-order valence-electron chi connectivity index (χ2n) is 6.30. The Hall–Kier alpha value is -3.20. The van der Waals surface area contributed by atoms with Gasteiger partial charge in [-0.1, -0.05) is 23.5 Å². The molecule has 2 aromatic heterocycles. The number of carbonyl (C=O) groups excluding carboxylic acids is 1. The first-order chi connectivity index (χ1) is 13.7. The van der Waals surface area contributed by atoms with Gasteiger partial charge in [0.2, 0.25) is 0 Å². The van der Waals surface area contributed by atoms with E-state index in [4.69, 9.17) is 0 Å². The Bertz CT molecular complexity index is 1210. The summed E-state index contributed by atoms with van der Waals surface area (Å²) in [6.45, 7) is 1.68. The number of alkyl halides is 3. The molecule has 0 radical (unpaired) electrons. The maximum atomic E-state index is 13.1. The molecule has 148 valence electrons. The molecule has 2 heterocycles. The predicted molar refractivity (Wildman–Crippen MR) is 103 cm³/mol. The number of aromatic nitrogens is 2. The van der Waals surface area contributed by atoms with Crippen molar-refractivity contribution in [3.05, 3.63) is 76.7 Å². The van der Waals surface area contributed by atoms with Crippen LogP contribution in [0.2, 0.25) is 0 Å². The molecule has 0 aliphatic carbocycles. The number of aryl methyl sites for hydroxylation is 1. The monoisotopic (exact) mass is 419 g/mol. The first-order valence-corrected chi connectivity index (χ1v) is 9.27. The molecule has 4 aromatic rings. The molecule has 0 aliphatic heterocycles. The Morgan fingerprint density at radius 3 is 2.45 bits per heavy atom. The highest BCUT2D eigenvalue weighted by Gasteiger charge is 2.34. The van der Waals surface area contributed by atoms with Gasteiger partial charge in [-0.15, -0.1) is 0 Å². The first-order valence-electron chi connectivity index (χ1n) is 8.46. The largest absolute Gasteiger partial charge is 0.418 e. The van der Waals surface area contributed by atoms with Crippen molar-refractivity contribution in [2.45, 2.75) is 13.1 Å². The number of fused-ring (bicyclic) bond motifs is 1. The average molecular weight is 419 g/mol. The minimum absolute atomic E-state index is 0.259. The van der Waals surface area contributed by atoms with E-state index in [1.807, 2.05) is 0 Å². The smallest absolute Gasteiger partial charge is 0.321 e. The number of hydrogen-bond donors (Lipinski definition) is 1. The third-order valence-electron chi connectivity index (χ3n) is 4.38. The van der Waals surface area contributed by atoms with E-state index in [2.05, 4.69) is 10.3 Å². The number of imidazole rings is 1. The lowest BCUT2D eigenvalue weighted by Crippen LogP contribution is -2.16. The van der Waals surface area contributed by atoms with Crippen LogP contribution in [0.25, 0.3) is 16.2 Å². The predicted octanol–water partition coefficient (Wildman–Crippen LogP) is 5.78. The summed E-state index contributed by atoms with van der Waals surface area (Å²) in [4.78, 5) is 17.8. The number of nitrogens with zero attached hydrogens (tertiary/aromatic N) is 2. The van der Waals surface area contributed by atoms with Crippen LogP contribution < -0.4 is 5.32 Å². The SMILES string of the molecule is Cc1c(C(=O)Nc2ccccc2C(F)(F)F)sc2nc(-c3ccc(F)cc3)cn12. The van der Waals surface area contributed by atoms with Crippen LogP contribution in [0.3, 0.4) is 0 Å². The lowest BCUT2D eigenvalue weighted by atomic mass is 10.1. The van der Waals surface area contributed by atoms with E-state index >= 15 is 0 Å². The summed E-state index contributed by atoms with van der Waals surface area (Å²) in [5, 5.41) is 2.35. The average Bonchev–Trinajstić information content (AvgIpc) is 3.21. The summed E-state index contributed by atoms with van der Waals surface area (Å²) in [6, 6.07) is 10.7. The number of anilines is 1. The number of para-hydroxylation sites is 1. The minimum atomic E-state index is -4.58. The van der Waals surface area contributed by atoms with Crippen LogP contribution in [0, 0.1) is 12.7 Å². The highest BCUT2D eigenvalue weighted by atomic mass is 32.1. The van der Waals surface area contributed by atoms with Gasteiger partial charge >= 0.3 is 6.18 Å². The Kier molecular flexibility index (Phi) is 4.62. The van der Waals surface area contributed by atoms with E-state index in [1.165, 1.54) is 30.3 Å². The zero-order valence-electron chi connectivity index (χ0n) is 14.9. The second-order valence-corrected chi connectivity index (χ2v) is 7.28. The van der Waals surface area contributed by atoms with Crippen molar-refractivity contribution in [2.24, 2.45) is 0 Å². The molecule has 0 spiro atoms. The lowest BCUT2D eigenvalue weighted by Gasteiger charge is -2.13. The second kappa shape index (κ2) is 7.00. The molecule has 0 saturated heterocycles. The van der Waals surface area contributed by atoms with E-state index in [-0.39, 0.29) is 16.4 Å². The van der Waals surface area contributed by atoms with Crippen molar-refractivity contribution >= 4 is 27.9 Å². The van der Waals surface area contributed by atoms with E-state index in [0.717, 1.165) is 17.4 Å². The summed E-state index contributed by atoms with van der Waals surface area (Å²) in [7, 11) is 0. The van der Waals surface area contributed by atoms with Crippen molar-refractivity contribution in [1.29, 1.82) is 0 Å². The molecule has 4 nitrogen and oxygen atoms in total. The molecule has 29 heavy (non-hydrogen) atoms. The van der Waals surface area contributed by atoms with Gasteiger partial charge in [-0.3, -0.25) is 9.20 Å². The van der Waals surface area contributed by atoms with Crippen LogP contribution in [0.15, 0.2) is 54.7 Å². The van der Waals surface area contributed by atoms with Crippen molar-refractivity contribution in [2.75, 3.05) is 5.32 Å². The molecule has 4 rings (SSSR count). The van der Waals surface area contributed by atoms with Crippen LogP contribution >= 0.6 is 11.3 Å². The lowest BCUT2D eigenvalue weighted by molar-refractivity contribution is -0.136. The molecule has 1 amide bonds. The van der Waals surface area contributed by atoms with Gasteiger partial charge < -0.3 is 5.32 Å². The molecular formula is C20H13F4N3OS. The van der Waals surface area contributed by atoms with Crippen molar-refractivity contribution in [1.82, 2.24) is 9.38 Å². The van der Waals surface area contributed by atoms with Crippen molar-refractivity contribution in [3.63, 3.8) is 0 Å². The van der Waals surface area contributed by atoms with Gasteiger partial charge in [0.05, 0.1) is 16.9 Å². The zero-order valence-corrected chi connectivity index (χ0v) is 15.7. The van der Waals surface area contributed by atoms with E-state index < -0.39 is 17.6 Å². The molecule has 0 aliphatic rings. The summed E-state index contributed by atoms with van der Waals surface area (Å²) in [5.41, 5.74) is 0.654. The molecular weight excluding hydrogens is 406 g/mol. The summed E-state index contributed by atoms with van der Waals surface area (Å²) < 4.78 is 54.2. The fraction of sp³-hybridized carbons (Fsp3) is 0.100. The van der Waals surface area contributed by atoms with Gasteiger partial charge in [-0.05, 0) is 43.3 Å². The van der Waals surface area contributed by atoms with Crippen LogP contribution in [0.5, 0.6) is 0 Å². The van der Waals surface area contributed by atoms with Gasteiger partial charge in [0, 0.05) is 17.5 Å². The maximum absolute atomic E-state index is 13.1. The van der Waals surface area contributed by atoms with Crippen LogP contribution in [-0.4, -0.2) is 15.3 Å². The Morgan fingerprint density at radius 1 is 1.10 bits per heavy atom. The van der Waals surface area contributed by atoms with Gasteiger partial charge in [0.15, 0.2) is 4.96 Å². The number of benzene rings is 2. The van der Waals surface area contributed by atoms with Crippen molar-refractivity contribution in [3.8, 4) is 11.3 Å². The molecule has 0 bridgehead atoms. The maximum Gasteiger partial charge on any atom is 0.418 e. The quantitative estimate of drug-likeness (QED) is 0.428. The summed E-state index contributed by atoms with van der Waals surface area (Å²) >= 11 is 1.07. The number of rotatable bonds is 3. The van der Waals surface area contributed by atoms with Gasteiger partial charge in [-0.25, -0.2) is 9.37 Å². The molecule has 0 atom stereocenters. The topological polar surface area (TPSA) is 46.4 Å². The number of halogens is 4. The fourth-order valence-electron chi connectivity index (χ4n) is 2.94. The van der Waals surface area contributed by atoms with Gasteiger partial charge in [-0.2, -0.15) is 13.2 Å². The fourth-order valence-corrected chi connectivity index (χ4v) is 3.94. The molecule has 2 aromatic carbocycles. The number of thiazole rings is 1. The van der Waals surface area contributed by atoms with Crippen LogP contribution in [0.4, 0.5) is 23.2 Å². The third-order valence-corrected chi connectivity index (χ3v) is 5.54. The first kappa shape index (κ1) is 19.1. The highest BCUT2D eigenvalue weighted by molar-refractivity contribution is 7.19. The highest BCUT2D eigenvalue weighted by Crippen LogP contribution is 2.35. The van der Waals surface area contributed by atoms with Crippen LogP contribution in [0.1, 0.15) is 20.9 Å². The molecule has 0 saturated carbocycles. The Balaban J connectivity index is 1.65. The van der Waals surface area contributed by atoms with Gasteiger partial charge in [0.1, 0.15) is 10.7 Å². The standard InChI is InChI=1S/C20H13F4N3OS/c1-11-17(18(28)25-15-5-3-2-4-14(15)20(22,23)24)29-19-26-16(10-27(11)19)12-6-8-13(21)9-7-12/h2-10H,1H3,(H,25,28). The number of nitrogens with one attached hydrogen (secondary N) is 1. The van der Waals surface area contributed by atoms with Gasteiger partial charge in [0.25, 0.3) is 5.91 Å². The molecule has 0 fully saturated rings. The van der Waals surface area contributed by atoms with Crippen LogP contribution in [-0.2, 0) is 6.18 Å². The third kappa shape index (κ3) is 3.61. The molecule has 9 heteroatoms. The number of amides is 1. The van der Waals surface area contributed by atoms with E-state index in [0.29, 0.717) is 21.9 Å². The van der Waals surface area contributed by atoms with E-state index in [1.54, 1.807) is 29.7 Å².